The number of nitrogens with one attached hydrogen (secondary N) is 2. The summed E-state index contributed by atoms with van der Waals surface area (Å²) in [7, 11) is 1.52. The number of anilines is 2. The highest BCUT2D eigenvalue weighted by molar-refractivity contribution is 7.80. The van der Waals surface area contributed by atoms with Crippen LogP contribution in [0.5, 0.6) is 5.75 Å². The summed E-state index contributed by atoms with van der Waals surface area (Å²) in [5.74, 6) is 0.143. The van der Waals surface area contributed by atoms with Gasteiger partial charge in [-0.3, -0.25) is 10.1 Å². The molecule has 27 heavy (non-hydrogen) atoms. The molecule has 0 aromatic heterocycles. The van der Waals surface area contributed by atoms with E-state index in [1.807, 2.05) is 18.2 Å². The molecule has 0 spiro atoms. The minimum Gasteiger partial charge on any atom is -0.495 e. The zero-order valence-corrected chi connectivity index (χ0v) is 17.0. The average molecular weight is 424 g/mol. The van der Waals surface area contributed by atoms with E-state index in [1.165, 1.54) is 13.2 Å². The molecule has 2 N–H and O–H groups in total. The van der Waals surface area contributed by atoms with Crippen molar-refractivity contribution in [3.63, 3.8) is 0 Å². The molecular formula is C19H19Cl2N3O2S. The maximum absolute atomic E-state index is 12.4. The Labute approximate surface area is 173 Å². The van der Waals surface area contributed by atoms with Gasteiger partial charge in [0.1, 0.15) is 5.75 Å². The lowest BCUT2D eigenvalue weighted by Gasteiger charge is -2.23. The summed E-state index contributed by atoms with van der Waals surface area (Å²) in [5.41, 5.74) is 2.05. The Morgan fingerprint density at radius 2 is 1.89 bits per heavy atom. The lowest BCUT2D eigenvalue weighted by molar-refractivity contribution is 0.0977. The molecule has 1 saturated heterocycles. The van der Waals surface area contributed by atoms with Gasteiger partial charge in [-0.1, -0.05) is 29.3 Å². The first-order valence-corrected chi connectivity index (χ1v) is 9.65. The largest absolute Gasteiger partial charge is 0.495 e. The van der Waals surface area contributed by atoms with Crippen molar-refractivity contribution in [2.75, 3.05) is 30.4 Å². The van der Waals surface area contributed by atoms with Crippen LogP contribution in [0, 0.1) is 0 Å². The quantitative estimate of drug-likeness (QED) is 0.696. The van der Waals surface area contributed by atoms with Gasteiger partial charge < -0.3 is 15.0 Å². The number of rotatable bonds is 4. The number of amides is 1. The maximum Gasteiger partial charge on any atom is 0.257 e. The molecule has 0 atom stereocenters. The maximum atomic E-state index is 12.4. The third kappa shape index (κ3) is 4.64. The predicted molar refractivity (Wildman–Crippen MR) is 115 cm³/mol. The van der Waals surface area contributed by atoms with E-state index < -0.39 is 0 Å². The van der Waals surface area contributed by atoms with E-state index in [1.54, 1.807) is 12.1 Å². The highest BCUT2D eigenvalue weighted by atomic mass is 35.5. The molecule has 2 aromatic rings. The molecular weight excluding hydrogens is 405 g/mol. The van der Waals surface area contributed by atoms with Gasteiger partial charge in [-0.25, -0.2) is 0 Å². The van der Waals surface area contributed by atoms with Gasteiger partial charge in [0, 0.05) is 18.7 Å². The first-order valence-electron chi connectivity index (χ1n) is 8.49. The van der Waals surface area contributed by atoms with Crippen LogP contribution in [0.2, 0.25) is 10.0 Å². The number of nitrogens with zero attached hydrogens (tertiary/aromatic N) is 1. The van der Waals surface area contributed by atoms with Crippen LogP contribution < -0.4 is 20.3 Å². The Balaban J connectivity index is 1.72. The standard InChI is InChI=1S/C19H19Cl2N3O2S/c1-26-16-8-7-12(11-14(16)21)18(25)23-19(27)22-15-6-4-5-13(20)17(15)24-9-2-3-10-24/h4-8,11H,2-3,9-10H2,1H3,(H2,22,23,25,27). The Hall–Kier alpha value is -2.02. The van der Waals surface area contributed by atoms with Crippen molar-refractivity contribution >= 4 is 57.8 Å². The van der Waals surface area contributed by atoms with Gasteiger partial charge in [0.2, 0.25) is 0 Å². The lowest BCUT2D eigenvalue weighted by atomic mass is 10.2. The van der Waals surface area contributed by atoms with Crippen LogP contribution in [0.4, 0.5) is 11.4 Å². The van der Waals surface area contributed by atoms with Crippen LogP contribution in [0.1, 0.15) is 23.2 Å². The fourth-order valence-electron chi connectivity index (χ4n) is 3.01. The molecule has 0 aliphatic carbocycles. The SMILES string of the molecule is COc1ccc(C(=O)NC(=S)Nc2cccc(Cl)c2N2CCCC2)cc1Cl. The second-order valence-corrected chi connectivity index (χ2v) is 7.31. The molecule has 8 heteroatoms. The highest BCUT2D eigenvalue weighted by Crippen LogP contribution is 2.35. The minimum atomic E-state index is -0.359. The van der Waals surface area contributed by atoms with Crippen molar-refractivity contribution in [1.29, 1.82) is 0 Å². The van der Waals surface area contributed by atoms with Crippen LogP contribution in [-0.4, -0.2) is 31.2 Å². The van der Waals surface area contributed by atoms with Gasteiger partial charge >= 0.3 is 0 Å². The molecule has 1 aliphatic rings. The number of carbonyl (C=O) groups excluding carboxylic acids is 1. The summed E-state index contributed by atoms with van der Waals surface area (Å²) < 4.78 is 5.09. The molecule has 0 unspecified atom stereocenters. The fourth-order valence-corrected chi connectivity index (χ4v) is 3.77. The molecule has 0 bridgehead atoms. The summed E-state index contributed by atoms with van der Waals surface area (Å²) in [6.45, 7) is 1.89. The number of ether oxygens (including phenoxy) is 1. The minimum absolute atomic E-state index is 0.189. The van der Waals surface area contributed by atoms with Gasteiger partial charge in [-0.2, -0.15) is 0 Å². The second kappa shape index (κ2) is 8.78. The summed E-state index contributed by atoms with van der Waals surface area (Å²) in [4.78, 5) is 14.7. The molecule has 1 aliphatic heterocycles. The normalized spacial score (nSPS) is 13.4. The Bertz CT molecular complexity index is 870. The highest BCUT2D eigenvalue weighted by Gasteiger charge is 2.19. The first kappa shape index (κ1) is 19.7. The number of para-hydroxylation sites is 1. The van der Waals surface area contributed by atoms with Gasteiger partial charge in [-0.05, 0) is 55.4 Å². The molecule has 1 amide bonds. The molecule has 5 nitrogen and oxygen atoms in total. The van der Waals surface area contributed by atoms with E-state index >= 15 is 0 Å². The van der Waals surface area contributed by atoms with Gasteiger partial charge in [0.15, 0.2) is 5.11 Å². The van der Waals surface area contributed by atoms with Crippen molar-refractivity contribution in [2.24, 2.45) is 0 Å². The van der Waals surface area contributed by atoms with Crippen molar-refractivity contribution < 1.29 is 9.53 Å². The van der Waals surface area contributed by atoms with Crippen LogP contribution in [0.3, 0.4) is 0 Å². The summed E-state index contributed by atoms with van der Waals surface area (Å²) in [6.07, 6.45) is 2.26. The van der Waals surface area contributed by atoms with E-state index in [2.05, 4.69) is 15.5 Å². The van der Waals surface area contributed by atoms with Crippen molar-refractivity contribution in [3.8, 4) is 5.75 Å². The van der Waals surface area contributed by atoms with Crippen molar-refractivity contribution in [1.82, 2.24) is 5.32 Å². The molecule has 1 heterocycles. The number of halogens is 2. The fraction of sp³-hybridized carbons (Fsp3) is 0.263. The first-order chi connectivity index (χ1) is 13.0. The average Bonchev–Trinajstić information content (AvgIpc) is 3.15. The van der Waals surface area contributed by atoms with Crippen molar-refractivity contribution in [2.45, 2.75) is 12.8 Å². The molecule has 0 saturated carbocycles. The molecule has 1 fully saturated rings. The van der Waals surface area contributed by atoms with E-state index in [0.29, 0.717) is 21.4 Å². The number of hydrogen-bond acceptors (Lipinski definition) is 4. The summed E-state index contributed by atoms with van der Waals surface area (Å²) in [5, 5.41) is 6.95. The van der Waals surface area contributed by atoms with Crippen LogP contribution in [0.25, 0.3) is 0 Å². The lowest BCUT2D eigenvalue weighted by Crippen LogP contribution is -2.34. The monoisotopic (exact) mass is 423 g/mol. The van der Waals surface area contributed by atoms with E-state index in [-0.39, 0.29) is 11.0 Å². The number of carbonyl (C=O) groups is 1. The zero-order valence-electron chi connectivity index (χ0n) is 14.7. The van der Waals surface area contributed by atoms with Crippen LogP contribution in [0.15, 0.2) is 36.4 Å². The van der Waals surface area contributed by atoms with Gasteiger partial charge in [0.05, 0.1) is 28.5 Å². The summed E-state index contributed by atoms with van der Waals surface area (Å²) in [6, 6.07) is 10.4. The topological polar surface area (TPSA) is 53.6 Å². The zero-order chi connectivity index (χ0) is 19.4. The molecule has 0 radical (unpaired) electrons. The summed E-state index contributed by atoms with van der Waals surface area (Å²) >= 11 is 17.8. The number of hydrogen-bond donors (Lipinski definition) is 2. The van der Waals surface area contributed by atoms with E-state index in [9.17, 15) is 4.79 Å². The molecule has 2 aromatic carbocycles. The second-order valence-electron chi connectivity index (χ2n) is 6.09. The third-order valence-electron chi connectivity index (χ3n) is 4.30. The third-order valence-corrected chi connectivity index (χ3v) is 5.10. The Kier molecular flexibility index (Phi) is 6.42. The van der Waals surface area contributed by atoms with Crippen LogP contribution in [-0.2, 0) is 0 Å². The Morgan fingerprint density at radius 3 is 2.56 bits per heavy atom. The van der Waals surface area contributed by atoms with E-state index in [0.717, 1.165) is 37.3 Å². The molecule has 142 valence electrons. The van der Waals surface area contributed by atoms with Gasteiger partial charge in [-0.15, -0.1) is 0 Å². The van der Waals surface area contributed by atoms with Crippen LogP contribution >= 0.6 is 35.4 Å². The molecule has 3 rings (SSSR count). The number of benzene rings is 2. The number of thiocarbonyl (C=S) groups is 1. The predicted octanol–water partition coefficient (Wildman–Crippen LogP) is 4.73. The van der Waals surface area contributed by atoms with Gasteiger partial charge in [0.25, 0.3) is 5.91 Å². The number of methoxy groups -OCH3 is 1. The van der Waals surface area contributed by atoms with Crippen molar-refractivity contribution in [3.05, 3.63) is 52.0 Å². The smallest absolute Gasteiger partial charge is 0.257 e. The van der Waals surface area contributed by atoms with E-state index in [4.69, 9.17) is 40.2 Å². The Morgan fingerprint density at radius 1 is 1.15 bits per heavy atom.